The molecule has 8 nitrogen and oxygen atoms in total. The van der Waals surface area contributed by atoms with Gasteiger partial charge in [-0.2, -0.15) is 0 Å². The standard InChI is InChI=1S/C19H27N3O5S2/c1-14-3-5-17(27-14)16(22-9-11-26-12-10-22)13-20-19(23)18-6-4-15(28-18)7-8-21-29(2,24)25/h3-6,16,21H,7-13H2,1-2H3,(H,20,23)/t16-/m1/s1. The van der Waals surface area contributed by atoms with Crippen molar-refractivity contribution in [2.45, 2.75) is 19.4 Å². The van der Waals surface area contributed by atoms with Crippen molar-refractivity contribution in [2.24, 2.45) is 0 Å². The third-order valence-electron chi connectivity index (χ3n) is 4.65. The van der Waals surface area contributed by atoms with Gasteiger partial charge in [0.25, 0.3) is 5.91 Å². The van der Waals surface area contributed by atoms with Crippen LogP contribution in [0.4, 0.5) is 0 Å². The van der Waals surface area contributed by atoms with Crippen molar-refractivity contribution >= 4 is 27.3 Å². The lowest BCUT2D eigenvalue weighted by atomic mass is 10.1. The molecule has 1 amide bonds. The number of amides is 1. The number of nitrogens with one attached hydrogen (secondary N) is 2. The highest BCUT2D eigenvalue weighted by Crippen LogP contribution is 2.24. The summed E-state index contributed by atoms with van der Waals surface area (Å²) in [6, 6.07) is 7.48. The first-order valence-corrected chi connectivity index (χ1v) is 12.2. The van der Waals surface area contributed by atoms with Crippen LogP contribution >= 0.6 is 11.3 Å². The SMILES string of the molecule is Cc1ccc([C@@H](CNC(=O)c2ccc(CCNS(C)(=O)=O)s2)N2CCOCC2)o1. The Morgan fingerprint density at radius 2 is 2.00 bits per heavy atom. The number of aryl methyl sites for hydroxylation is 1. The molecule has 0 saturated carbocycles. The number of morpholine rings is 1. The van der Waals surface area contributed by atoms with E-state index in [-0.39, 0.29) is 11.9 Å². The number of hydrogen-bond donors (Lipinski definition) is 2. The molecular weight excluding hydrogens is 414 g/mol. The molecule has 1 saturated heterocycles. The number of sulfonamides is 1. The Morgan fingerprint density at radius 1 is 1.24 bits per heavy atom. The van der Waals surface area contributed by atoms with Gasteiger partial charge in [-0.1, -0.05) is 0 Å². The van der Waals surface area contributed by atoms with Crippen LogP contribution < -0.4 is 10.0 Å². The summed E-state index contributed by atoms with van der Waals surface area (Å²) in [6.07, 6.45) is 1.68. The molecule has 1 aliphatic heterocycles. The molecule has 2 N–H and O–H groups in total. The third kappa shape index (κ3) is 6.65. The molecule has 0 radical (unpaired) electrons. The summed E-state index contributed by atoms with van der Waals surface area (Å²) in [5, 5.41) is 3.02. The zero-order valence-electron chi connectivity index (χ0n) is 16.6. The maximum absolute atomic E-state index is 12.6. The Bertz CT molecular complexity index is 916. The van der Waals surface area contributed by atoms with Gasteiger partial charge in [0.05, 0.1) is 30.4 Å². The molecular formula is C19H27N3O5S2. The molecule has 0 spiro atoms. The van der Waals surface area contributed by atoms with Crippen LogP contribution in [0.1, 0.15) is 32.1 Å². The van der Waals surface area contributed by atoms with Crippen molar-refractivity contribution in [1.29, 1.82) is 0 Å². The number of thiophene rings is 1. The predicted molar refractivity (Wildman–Crippen MR) is 112 cm³/mol. The summed E-state index contributed by atoms with van der Waals surface area (Å²) in [4.78, 5) is 16.5. The monoisotopic (exact) mass is 441 g/mol. The minimum atomic E-state index is -3.20. The zero-order chi connectivity index (χ0) is 20.9. The Kier molecular flexibility index (Phi) is 7.47. The smallest absolute Gasteiger partial charge is 0.261 e. The van der Waals surface area contributed by atoms with E-state index < -0.39 is 10.0 Å². The normalized spacial score (nSPS) is 16.6. The lowest BCUT2D eigenvalue weighted by Gasteiger charge is -2.33. The number of furan rings is 1. The summed E-state index contributed by atoms with van der Waals surface area (Å²) in [6.45, 7) is 5.57. The fourth-order valence-electron chi connectivity index (χ4n) is 3.20. The van der Waals surface area contributed by atoms with Crippen molar-refractivity contribution in [3.63, 3.8) is 0 Å². The largest absolute Gasteiger partial charge is 0.465 e. The third-order valence-corrected chi connectivity index (χ3v) is 6.53. The number of carbonyl (C=O) groups is 1. The van der Waals surface area contributed by atoms with E-state index in [9.17, 15) is 13.2 Å². The highest BCUT2D eigenvalue weighted by atomic mass is 32.2. The lowest BCUT2D eigenvalue weighted by molar-refractivity contribution is 0.0117. The topological polar surface area (TPSA) is 101 Å². The lowest BCUT2D eigenvalue weighted by Crippen LogP contribution is -2.43. The van der Waals surface area contributed by atoms with Crippen LogP contribution in [-0.2, 0) is 21.2 Å². The van der Waals surface area contributed by atoms with Crippen LogP contribution in [0.3, 0.4) is 0 Å². The maximum atomic E-state index is 12.6. The highest BCUT2D eigenvalue weighted by molar-refractivity contribution is 7.88. The van der Waals surface area contributed by atoms with E-state index in [0.29, 0.717) is 37.6 Å². The van der Waals surface area contributed by atoms with Gasteiger partial charge in [0.2, 0.25) is 10.0 Å². The fourth-order valence-corrected chi connectivity index (χ4v) is 4.60. The second kappa shape index (κ2) is 9.86. The molecule has 3 rings (SSSR count). The van der Waals surface area contributed by atoms with Gasteiger partial charge in [0.1, 0.15) is 11.5 Å². The van der Waals surface area contributed by atoms with Gasteiger partial charge >= 0.3 is 0 Å². The molecule has 1 atom stereocenters. The van der Waals surface area contributed by atoms with Crippen LogP contribution in [0, 0.1) is 6.92 Å². The Labute approximate surface area is 175 Å². The molecule has 1 fully saturated rings. The number of rotatable bonds is 9. The highest BCUT2D eigenvalue weighted by Gasteiger charge is 2.26. The molecule has 0 aliphatic carbocycles. The molecule has 2 aromatic heterocycles. The summed E-state index contributed by atoms with van der Waals surface area (Å²) in [7, 11) is -3.20. The van der Waals surface area contributed by atoms with Gasteiger partial charge in [-0.25, -0.2) is 13.1 Å². The number of nitrogens with zero attached hydrogens (tertiary/aromatic N) is 1. The molecule has 0 unspecified atom stereocenters. The molecule has 10 heteroatoms. The first kappa shape index (κ1) is 22.0. The van der Waals surface area contributed by atoms with Crippen molar-refractivity contribution in [2.75, 3.05) is 45.6 Å². The van der Waals surface area contributed by atoms with E-state index in [0.717, 1.165) is 35.7 Å². The van der Waals surface area contributed by atoms with E-state index in [1.54, 1.807) is 6.07 Å². The summed E-state index contributed by atoms with van der Waals surface area (Å²) >= 11 is 1.37. The number of carbonyl (C=O) groups excluding carboxylic acids is 1. The van der Waals surface area contributed by atoms with E-state index in [1.807, 2.05) is 25.1 Å². The summed E-state index contributed by atoms with van der Waals surface area (Å²) < 4.78 is 36.0. The maximum Gasteiger partial charge on any atom is 0.261 e. The first-order valence-electron chi connectivity index (χ1n) is 9.51. The van der Waals surface area contributed by atoms with Gasteiger partial charge in [-0.05, 0) is 37.6 Å². The van der Waals surface area contributed by atoms with Crippen LogP contribution in [0.15, 0.2) is 28.7 Å². The molecule has 3 heterocycles. The second-order valence-electron chi connectivity index (χ2n) is 7.01. The minimum absolute atomic E-state index is 0.0463. The molecule has 29 heavy (non-hydrogen) atoms. The van der Waals surface area contributed by atoms with E-state index in [4.69, 9.17) is 9.15 Å². The summed E-state index contributed by atoms with van der Waals surface area (Å²) in [5.74, 6) is 1.54. The molecule has 1 aliphatic rings. The molecule has 2 aromatic rings. The second-order valence-corrected chi connectivity index (χ2v) is 10.0. The van der Waals surface area contributed by atoms with Crippen molar-refractivity contribution < 1.29 is 22.4 Å². The Hall–Kier alpha value is -1.72. The average molecular weight is 442 g/mol. The Balaban J connectivity index is 1.58. The van der Waals surface area contributed by atoms with Crippen LogP contribution in [0.2, 0.25) is 0 Å². The number of ether oxygens (including phenoxy) is 1. The molecule has 160 valence electrons. The van der Waals surface area contributed by atoms with Crippen molar-refractivity contribution in [3.8, 4) is 0 Å². The van der Waals surface area contributed by atoms with Crippen molar-refractivity contribution in [1.82, 2.24) is 14.9 Å². The van der Waals surface area contributed by atoms with Gasteiger partial charge < -0.3 is 14.5 Å². The van der Waals surface area contributed by atoms with E-state index >= 15 is 0 Å². The van der Waals surface area contributed by atoms with Gasteiger partial charge in [-0.15, -0.1) is 11.3 Å². The average Bonchev–Trinajstić information content (AvgIpc) is 3.31. The quantitative estimate of drug-likeness (QED) is 0.612. The van der Waals surface area contributed by atoms with E-state index in [1.165, 1.54) is 11.3 Å². The minimum Gasteiger partial charge on any atom is -0.465 e. The molecule has 0 aromatic carbocycles. The fraction of sp³-hybridized carbons (Fsp3) is 0.526. The number of hydrogen-bond acceptors (Lipinski definition) is 7. The molecule has 0 bridgehead atoms. The predicted octanol–water partition coefficient (Wildman–Crippen LogP) is 1.54. The van der Waals surface area contributed by atoms with Crippen LogP contribution in [0.25, 0.3) is 0 Å². The van der Waals surface area contributed by atoms with Crippen molar-refractivity contribution in [3.05, 3.63) is 45.5 Å². The van der Waals surface area contributed by atoms with Gasteiger partial charge in [0.15, 0.2) is 0 Å². The van der Waals surface area contributed by atoms with Gasteiger partial charge in [-0.3, -0.25) is 9.69 Å². The van der Waals surface area contributed by atoms with Gasteiger partial charge in [0, 0.05) is 31.1 Å². The Morgan fingerprint density at radius 3 is 2.66 bits per heavy atom. The summed E-state index contributed by atoms with van der Waals surface area (Å²) in [5.41, 5.74) is 0. The van der Waals surface area contributed by atoms with Crippen LogP contribution in [-0.4, -0.2) is 64.9 Å². The first-order chi connectivity index (χ1) is 13.8. The zero-order valence-corrected chi connectivity index (χ0v) is 18.3. The van der Waals surface area contributed by atoms with E-state index in [2.05, 4.69) is 14.9 Å². The van der Waals surface area contributed by atoms with Crippen LogP contribution in [0.5, 0.6) is 0 Å².